The Labute approximate surface area is 253 Å². The zero-order valence-corrected chi connectivity index (χ0v) is 24.8. The van der Waals surface area contributed by atoms with Crippen LogP contribution in [0.4, 0.5) is 17.1 Å². The van der Waals surface area contributed by atoms with Crippen molar-refractivity contribution in [2.75, 3.05) is 4.90 Å². The van der Waals surface area contributed by atoms with E-state index >= 15 is 0 Å². The van der Waals surface area contributed by atoms with Crippen molar-refractivity contribution >= 4 is 123 Å². The number of thiophene rings is 3. The first-order valence-electron chi connectivity index (χ1n) is 13.4. The Morgan fingerprint density at radius 2 is 1.17 bits per heavy atom. The first kappa shape index (κ1) is 23.7. The summed E-state index contributed by atoms with van der Waals surface area (Å²) in [6.45, 7) is 0. The third-order valence-electron chi connectivity index (χ3n) is 7.94. The maximum atomic E-state index is 6.42. The average molecular weight is 598 g/mol. The quantitative estimate of drug-likeness (QED) is 0.196. The summed E-state index contributed by atoms with van der Waals surface area (Å²) in [6.07, 6.45) is 0. The Balaban J connectivity index is 1.31. The molecule has 0 saturated carbocycles. The molecule has 0 unspecified atom stereocenters. The minimum Gasteiger partial charge on any atom is -0.310 e. The molecular weight excluding hydrogens is 578 g/mol. The number of benzene rings is 6. The average Bonchev–Trinajstić information content (AvgIpc) is 3.66. The molecule has 1 nitrogen and oxygen atoms in total. The van der Waals surface area contributed by atoms with E-state index in [4.69, 9.17) is 11.6 Å². The van der Waals surface area contributed by atoms with Gasteiger partial charge in [-0.3, -0.25) is 0 Å². The fourth-order valence-electron chi connectivity index (χ4n) is 6.10. The summed E-state index contributed by atoms with van der Waals surface area (Å²) in [5.41, 5.74) is 3.49. The van der Waals surface area contributed by atoms with Gasteiger partial charge >= 0.3 is 0 Å². The molecule has 0 amide bonds. The zero-order chi connectivity index (χ0) is 27.1. The zero-order valence-electron chi connectivity index (χ0n) is 21.6. The molecular formula is C36H20ClNS3. The van der Waals surface area contributed by atoms with Gasteiger partial charge in [0.25, 0.3) is 0 Å². The number of rotatable bonds is 3. The summed E-state index contributed by atoms with van der Waals surface area (Å²) in [5, 5.41) is 9.72. The molecule has 3 aromatic heterocycles. The van der Waals surface area contributed by atoms with E-state index in [-0.39, 0.29) is 0 Å². The standard InChI is InChI=1S/C36H20ClNS3/c37-22-12-16-33-29(18-22)35-27-15-13-24(20-34(27)41-36(35)40-33)38(30-10-5-7-21-6-1-2-8-25(21)30)23-14-17-32-28(19-23)26-9-3-4-11-31(26)39-32/h1-20H. The predicted octanol–water partition coefficient (Wildman–Crippen LogP) is 12.9. The van der Waals surface area contributed by atoms with Gasteiger partial charge in [0.2, 0.25) is 0 Å². The monoisotopic (exact) mass is 597 g/mol. The molecule has 0 N–H and O–H groups in total. The van der Waals surface area contributed by atoms with Gasteiger partial charge in [-0.1, -0.05) is 72.3 Å². The van der Waals surface area contributed by atoms with Crippen molar-refractivity contribution in [2.24, 2.45) is 0 Å². The van der Waals surface area contributed by atoms with Gasteiger partial charge in [-0.25, -0.2) is 0 Å². The van der Waals surface area contributed by atoms with Gasteiger partial charge in [0.15, 0.2) is 0 Å². The van der Waals surface area contributed by atoms with Crippen molar-refractivity contribution < 1.29 is 0 Å². The lowest BCUT2D eigenvalue weighted by molar-refractivity contribution is 1.31. The largest absolute Gasteiger partial charge is 0.310 e. The van der Waals surface area contributed by atoms with Crippen LogP contribution in [0.5, 0.6) is 0 Å². The lowest BCUT2D eigenvalue weighted by atomic mass is 10.0. The summed E-state index contributed by atoms with van der Waals surface area (Å²) in [4.78, 5) is 2.43. The van der Waals surface area contributed by atoms with Crippen molar-refractivity contribution in [3.05, 3.63) is 126 Å². The second kappa shape index (κ2) is 9.04. The molecule has 0 aliphatic carbocycles. The highest BCUT2D eigenvalue weighted by Gasteiger charge is 2.19. The Bertz CT molecular complexity index is 2460. The molecule has 0 fully saturated rings. The van der Waals surface area contributed by atoms with Crippen molar-refractivity contribution in [3.8, 4) is 0 Å². The second-order valence-corrected chi connectivity index (χ2v) is 14.2. The predicted molar refractivity (Wildman–Crippen MR) is 185 cm³/mol. The summed E-state index contributed by atoms with van der Waals surface area (Å²) in [6, 6.07) is 44.1. The number of fused-ring (bicyclic) bond motifs is 9. The van der Waals surface area contributed by atoms with Crippen LogP contribution in [0.15, 0.2) is 121 Å². The molecule has 194 valence electrons. The smallest absolute Gasteiger partial charge is 0.0890 e. The summed E-state index contributed by atoms with van der Waals surface area (Å²) < 4.78 is 6.56. The highest BCUT2D eigenvalue weighted by molar-refractivity contribution is 7.44. The van der Waals surface area contributed by atoms with Gasteiger partial charge in [0.1, 0.15) is 0 Å². The van der Waals surface area contributed by atoms with E-state index < -0.39 is 0 Å². The second-order valence-electron chi connectivity index (χ2n) is 10.3. The first-order chi connectivity index (χ1) is 20.2. The summed E-state index contributed by atoms with van der Waals surface area (Å²) >= 11 is 12.0. The van der Waals surface area contributed by atoms with Gasteiger partial charge in [-0.15, -0.1) is 34.0 Å². The Morgan fingerprint density at radius 3 is 2.12 bits per heavy atom. The van der Waals surface area contributed by atoms with Gasteiger partial charge in [0, 0.05) is 67.5 Å². The number of nitrogens with zero attached hydrogens (tertiary/aromatic N) is 1. The van der Waals surface area contributed by atoms with Crippen LogP contribution < -0.4 is 4.90 Å². The molecule has 6 aromatic carbocycles. The molecule has 0 aliphatic rings. The van der Waals surface area contributed by atoms with Gasteiger partial charge in [-0.05, 0) is 66.0 Å². The molecule has 0 saturated heterocycles. The van der Waals surface area contributed by atoms with Crippen molar-refractivity contribution in [3.63, 3.8) is 0 Å². The summed E-state index contributed by atoms with van der Waals surface area (Å²) in [7, 11) is 0. The number of halogens is 1. The fraction of sp³-hybridized carbons (Fsp3) is 0. The van der Waals surface area contributed by atoms with Crippen LogP contribution >= 0.6 is 45.6 Å². The molecule has 0 atom stereocenters. The molecule has 0 bridgehead atoms. The Morgan fingerprint density at radius 1 is 0.463 bits per heavy atom. The van der Waals surface area contributed by atoms with Gasteiger partial charge < -0.3 is 4.90 Å². The van der Waals surface area contributed by atoms with E-state index in [9.17, 15) is 0 Å². The minimum atomic E-state index is 0.784. The SMILES string of the molecule is Clc1ccc2sc3sc4cc(N(c5ccc6sc7ccccc7c6c5)c5cccc6ccccc56)ccc4c3c2c1. The minimum absolute atomic E-state index is 0.784. The molecule has 3 heterocycles. The van der Waals surface area contributed by atoms with E-state index in [0.29, 0.717) is 0 Å². The maximum absolute atomic E-state index is 6.42. The number of anilines is 3. The molecule has 0 aliphatic heterocycles. The highest BCUT2D eigenvalue weighted by atomic mass is 35.5. The Hall–Kier alpha value is -3.93. The van der Waals surface area contributed by atoms with Crippen LogP contribution in [0.25, 0.3) is 60.5 Å². The Kier molecular flexibility index (Phi) is 5.23. The molecule has 9 rings (SSSR count). The molecule has 5 heteroatoms. The third-order valence-corrected chi connectivity index (χ3v) is 11.7. The summed E-state index contributed by atoms with van der Waals surface area (Å²) in [5.74, 6) is 0. The first-order valence-corrected chi connectivity index (χ1v) is 16.3. The number of hydrogen-bond donors (Lipinski definition) is 0. The van der Waals surface area contributed by atoms with Crippen LogP contribution in [0.2, 0.25) is 5.02 Å². The van der Waals surface area contributed by atoms with Crippen LogP contribution in [-0.4, -0.2) is 0 Å². The van der Waals surface area contributed by atoms with Crippen LogP contribution in [0.1, 0.15) is 0 Å². The van der Waals surface area contributed by atoms with Crippen LogP contribution in [0.3, 0.4) is 0 Å². The fourth-order valence-corrected chi connectivity index (χ4v) is 9.97. The van der Waals surface area contributed by atoms with E-state index in [1.165, 1.54) is 66.2 Å². The van der Waals surface area contributed by atoms with Crippen LogP contribution in [-0.2, 0) is 0 Å². The number of hydrogen-bond acceptors (Lipinski definition) is 4. The molecule has 0 spiro atoms. The van der Waals surface area contributed by atoms with Crippen molar-refractivity contribution in [1.29, 1.82) is 0 Å². The van der Waals surface area contributed by atoms with E-state index in [2.05, 4.69) is 120 Å². The molecule has 9 aromatic rings. The van der Waals surface area contributed by atoms with E-state index in [0.717, 1.165) is 16.4 Å². The maximum Gasteiger partial charge on any atom is 0.0890 e. The van der Waals surface area contributed by atoms with Gasteiger partial charge in [0.05, 0.1) is 9.70 Å². The third kappa shape index (κ3) is 3.65. The normalized spacial score (nSPS) is 12.0. The molecule has 0 radical (unpaired) electrons. The topological polar surface area (TPSA) is 3.24 Å². The molecule has 41 heavy (non-hydrogen) atoms. The lowest BCUT2D eigenvalue weighted by Gasteiger charge is -2.27. The van der Waals surface area contributed by atoms with E-state index in [1.807, 2.05) is 40.1 Å². The van der Waals surface area contributed by atoms with Crippen molar-refractivity contribution in [1.82, 2.24) is 0 Å². The van der Waals surface area contributed by atoms with E-state index in [1.54, 1.807) is 0 Å². The van der Waals surface area contributed by atoms with Gasteiger partial charge in [-0.2, -0.15) is 0 Å². The van der Waals surface area contributed by atoms with Crippen molar-refractivity contribution in [2.45, 2.75) is 0 Å². The highest BCUT2D eigenvalue weighted by Crippen LogP contribution is 2.48. The van der Waals surface area contributed by atoms with Crippen LogP contribution in [0, 0.1) is 0 Å². The lowest BCUT2D eigenvalue weighted by Crippen LogP contribution is -2.10.